The number of aromatic nitrogens is 1. The number of nitrogens with zero attached hydrogens (tertiary/aromatic N) is 4. The van der Waals surface area contributed by atoms with Crippen LogP contribution in [0.4, 0.5) is 36.5 Å². The molecule has 8 nitrogen and oxygen atoms in total. The molecule has 3 N–H and O–H groups in total. The summed E-state index contributed by atoms with van der Waals surface area (Å²) < 4.78 is 31.2. The molecule has 0 unspecified atom stereocenters. The molecule has 0 bridgehead atoms. The third-order valence-corrected chi connectivity index (χ3v) is 6.12. The number of nitriles is 1. The van der Waals surface area contributed by atoms with Crippen LogP contribution in [-0.2, 0) is 0 Å². The zero-order valence-corrected chi connectivity index (χ0v) is 21.9. The van der Waals surface area contributed by atoms with E-state index < -0.39 is 29.0 Å². The summed E-state index contributed by atoms with van der Waals surface area (Å²) in [7, 11) is 0. The third kappa shape index (κ3) is 5.55. The summed E-state index contributed by atoms with van der Waals surface area (Å²) in [5.41, 5.74) is 0.00385. The van der Waals surface area contributed by atoms with Crippen LogP contribution in [0.15, 0.2) is 42.6 Å². The third-order valence-electron chi connectivity index (χ3n) is 5.91. The fraction of sp³-hybridized carbons (Fsp3) is 0.296. The number of hydrogen-bond acceptors (Lipinski definition) is 6. The van der Waals surface area contributed by atoms with E-state index >= 15 is 8.78 Å². The van der Waals surface area contributed by atoms with Gasteiger partial charge in [0, 0.05) is 49.2 Å². The molecular formula is C27H27ClF2N6O2. The molecule has 0 radical (unpaired) electrons. The van der Waals surface area contributed by atoms with Crippen molar-refractivity contribution in [2.24, 2.45) is 0 Å². The maximum atomic E-state index is 15.6. The van der Waals surface area contributed by atoms with Gasteiger partial charge in [0.2, 0.25) is 0 Å². The molecular weight excluding hydrogens is 514 g/mol. The van der Waals surface area contributed by atoms with Crippen molar-refractivity contribution < 1.29 is 18.7 Å². The Morgan fingerprint density at radius 1 is 1.13 bits per heavy atom. The monoisotopic (exact) mass is 540 g/mol. The standard InChI is InChI=1S/C27H27ClF2N6O2/c1-4-35-25-20(10-17(28)14-34-25)19-6-5-16(13-31)9-23(19)36(26(35)37)24-21(29)11-18(12-22(24)30)33-8-7-32-15-27(2,3)38/h5-6,9-12,14,32-33,38H,4,7-8,15H2,1-3H3. The summed E-state index contributed by atoms with van der Waals surface area (Å²) in [6, 6.07) is 9.70. The minimum atomic E-state index is -0.966. The molecule has 1 aliphatic rings. The van der Waals surface area contributed by atoms with Gasteiger partial charge in [0.1, 0.15) is 11.5 Å². The lowest BCUT2D eigenvalue weighted by molar-refractivity contribution is 0.0804. The number of amides is 2. The Hall–Kier alpha value is -3.78. The highest BCUT2D eigenvalue weighted by Crippen LogP contribution is 2.45. The summed E-state index contributed by atoms with van der Waals surface area (Å²) in [5.74, 6) is -1.65. The summed E-state index contributed by atoms with van der Waals surface area (Å²) in [5, 5.41) is 25.6. The van der Waals surface area contributed by atoms with Gasteiger partial charge in [0.25, 0.3) is 0 Å². The molecule has 2 aromatic carbocycles. The Kier molecular flexibility index (Phi) is 7.83. The van der Waals surface area contributed by atoms with Crippen molar-refractivity contribution in [1.82, 2.24) is 10.3 Å². The maximum Gasteiger partial charge on any atom is 0.334 e. The highest BCUT2D eigenvalue weighted by atomic mass is 35.5. The molecule has 0 spiro atoms. The van der Waals surface area contributed by atoms with Gasteiger partial charge in [-0.25, -0.2) is 18.6 Å². The fourth-order valence-electron chi connectivity index (χ4n) is 4.25. The van der Waals surface area contributed by atoms with Gasteiger partial charge >= 0.3 is 6.03 Å². The van der Waals surface area contributed by atoms with Crippen molar-refractivity contribution in [2.75, 3.05) is 41.3 Å². The molecule has 1 aliphatic heterocycles. The van der Waals surface area contributed by atoms with Crippen molar-refractivity contribution >= 4 is 40.5 Å². The van der Waals surface area contributed by atoms with Gasteiger partial charge in [-0.1, -0.05) is 17.7 Å². The van der Waals surface area contributed by atoms with Crippen LogP contribution in [0.2, 0.25) is 5.02 Å². The number of halogens is 3. The Morgan fingerprint density at radius 3 is 2.47 bits per heavy atom. The van der Waals surface area contributed by atoms with Crippen LogP contribution in [0.5, 0.6) is 0 Å². The van der Waals surface area contributed by atoms with Gasteiger partial charge in [-0.15, -0.1) is 0 Å². The topological polar surface area (TPSA) is 105 Å². The summed E-state index contributed by atoms with van der Waals surface area (Å²) in [6.07, 6.45) is 1.40. The molecule has 2 amide bonds. The fourth-order valence-corrected chi connectivity index (χ4v) is 4.40. The number of pyridine rings is 1. The molecule has 1 aromatic heterocycles. The Morgan fingerprint density at radius 2 is 1.84 bits per heavy atom. The van der Waals surface area contributed by atoms with Crippen molar-refractivity contribution in [2.45, 2.75) is 26.4 Å². The summed E-state index contributed by atoms with van der Waals surface area (Å²) in [4.78, 5) is 20.4. The Bertz CT molecular complexity index is 1400. The van der Waals surface area contributed by atoms with Crippen LogP contribution >= 0.6 is 11.6 Å². The number of rotatable bonds is 8. The first kappa shape index (κ1) is 27.3. The zero-order chi connectivity index (χ0) is 27.6. The predicted octanol–water partition coefficient (Wildman–Crippen LogP) is 5.42. The second kappa shape index (κ2) is 10.9. The van der Waals surface area contributed by atoms with Gasteiger partial charge in [-0.3, -0.25) is 9.80 Å². The second-order valence-corrected chi connectivity index (χ2v) is 9.87. The first-order valence-corrected chi connectivity index (χ1v) is 12.4. The number of carbonyl (C=O) groups is 1. The number of anilines is 4. The quantitative estimate of drug-likeness (QED) is 0.329. The molecule has 2 heterocycles. The normalized spacial score (nSPS) is 13.1. The predicted molar refractivity (Wildman–Crippen MR) is 144 cm³/mol. The summed E-state index contributed by atoms with van der Waals surface area (Å²) in [6.45, 7) is 6.37. The number of benzene rings is 2. The van der Waals surface area contributed by atoms with E-state index in [1.54, 1.807) is 39.0 Å². The SMILES string of the molecule is CCN1C(=O)N(c2c(F)cc(NCCNCC(C)(C)O)cc2F)c2cc(C#N)ccc2-c2cc(Cl)cnc21. The van der Waals surface area contributed by atoms with Gasteiger partial charge < -0.3 is 15.7 Å². The molecule has 198 valence electrons. The molecule has 11 heteroatoms. The van der Waals surface area contributed by atoms with Crippen LogP contribution < -0.4 is 20.4 Å². The van der Waals surface area contributed by atoms with E-state index in [2.05, 4.69) is 15.6 Å². The van der Waals surface area contributed by atoms with Crippen LogP contribution in [0.3, 0.4) is 0 Å². The maximum absolute atomic E-state index is 15.6. The lowest BCUT2D eigenvalue weighted by Gasteiger charge is -2.28. The Labute approximate surface area is 224 Å². The lowest BCUT2D eigenvalue weighted by atomic mass is 10.0. The van der Waals surface area contributed by atoms with E-state index in [1.807, 2.05) is 6.07 Å². The number of aliphatic hydroxyl groups is 1. The van der Waals surface area contributed by atoms with Gasteiger partial charge in [-0.2, -0.15) is 5.26 Å². The zero-order valence-electron chi connectivity index (χ0n) is 21.1. The molecule has 4 rings (SSSR count). The van der Waals surface area contributed by atoms with Gasteiger partial charge in [-0.05, 0) is 51.1 Å². The van der Waals surface area contributed by atoms with E-state index in [0.29, 0.717) is 35.8 Å². The minimum Gasteiger partial charge on any atom is -0.389 e. The number of fused-ring (bicyclic) bond motifs is 3. The second-order valence-electron chi connectivity index (χ2n) is 9.44. The van der Waals surface area contributed by atoms with Crippen molar-refractivity contribution in [3.8, 4) is 17.2 Å². The molecule has 0 atom stereocenters. The molecule has 0 fully saturated rings. The molecule has 38 heavy (non-hydrogen) atoms. The van der Waals surface area contributed by atoms with E-state index in [0.717, 1.165) is 17.0 Å². The average molecular weight is 541 g/mol. The lowest BCUT2D eigenvalue weighted by Crippen LogP contribution is -2.41. The van der Waals surface area contributed by atoms with Gasteiger partial charge in [0.05, 0.1) is 27.9 Å². The van der Waals surface area contributed by atoms with E-state index in [4.69, 9.17) is 11.6 Å². The van der Waals surface area contributed by atoms with E-state index in [9.17, 15) is 15.2 Å². The molecule has 0 aliphatic carbocycles. The van der Waals surface area contributed by atoms with Crippen LogP contribution in [0.25, 0.3) is 11.1 Å². The van der Waals surface area contributed by atoms with Crippen molar-refractivity contribution in [3.63, 3.8) is 0 Å². The van der Waals surface area contributed by atoms with Crippen LogP contribution in [0, 0.1) is 23.0 Å². The highest BCUT2D eigenvalue weighted by Gasteiger charge is 2.36. The van der Waals surface area contributed by atoms with E-state index in [1.165, 1.54) is 17.2 Å². The average Bonchev–Trinajstić information content (AvgIpc) is 2.95. The first-order chi connectivity index (χ1) is 18.0. The minimum absolute atomic E-state index is 0.129. The van der Waals surface area contributed by atoms with E-state index in [-0.39, 0.29) is 29.3 Å². The smallest absolute Gasteiger partial charge is 0.334 e. The molecule has 0 saturated carbocycles. The number of urea groups is 1. The van der Waals surface area contributed by atoms with Crippen LogP contribution in [-0.4, -0.2) is 47.9 Å². The number of nitrogens with one attached hydrogen (secondary N) is 2. The number of hydrogen-bond donors (Lipinski definition) is 3. The van der Waals surface area contributed by atoms with Gasteiger partial charge in [0.15, 0.2) is 11.6 Å². The number of carbonyl (C=O) groups excluding carboxylic acids is 1. The molecule has 3 aromatic rings. The Balaban J connectivity index is 1.76. The first-order valence-electron chi connectivity index (χ1n) is 12.0. The highest BCUT2D eigenvalue weighted by molar-refractivity contribution is 6.31. The largest absolute Gasteiger partial charge is 0.389 e. The molecule has 0 saturated heterocycles. The summed E-state index contributed by atoms with van der Waals surface area (Å²) >= 11 is 6.21. The van der Waals surface area contributed by atoms with Crippen molar-refractivity contribution in [3.05, 3.63) is 64.8 Å². The van der Waals surface area contributed by atoms with Crippen LogP contribution in [0.1, 0.15) is 26.3 Å². The van der Waals surface area contributed by atoms with Crippen molar-refractivity contribution in [1.29, 1.82) is 5.26 Å².